The molecule has 6 nitrogen and oxygen atoms in total. The number of benzene rings is 1. The maximum Gasteiger partial charge on any atom is 0.334 e. The van der Waals surface area contributed by atoms with Crippen LogP contribution in [0.3, 0.4) is 0 Å². The molecule has 0 radical (unpaired) electrons. The molecule has 0 aromatic heterocycles. The lowest BCUT2D eigenvalue weighted by Crippen LogP contribution is -2.43. The summed E-state index contributed by atoms with van der Waals surface area (Å²) in [6.45, 7) is 0.189. The zero-order chi connectivity index (χ0) is 14.7. The van der Waals surface area contributed by atoms with Gasteiger partial charge in [-0.15, -0.1) is 0 Å². The van der Waals surface area contributed by atoms with E-state index in [1.807, 2.05) is 12.1 Å². The zero-order valence-corrected chi connectivity index (χ0v) is 11.5. The van der Waals surface area contributed by atoms with Gasteiger partial charge in [0.1, 0.15) is 0 Å². The standard InChI is InChI=1S/C15H12O6/c1-18-14(16)12-10-6-3-8-9(21-5-20-8)4-7(6)11(10)13(12)15(17)19-2/h3-4,10-11H,5H2,1-2H3/t10-,11?/m1/s1. The Morgan fingerprint density at radius 3 is 1.76 bits per heavy atom. The van der Waals surface area contributed by atoms with Crippen LogP contribution < -0.4 is 9.47 Å². The molecule has 1 heterocycles. The van der Waals surface area contributed by atoms with E-state index < -0.39 is 11.9 Å². The number of rotatable bonds is 2. The van der Waals surface area contributed by atoms with Crippen molar-refractivity contribution >= 4 is 11.9 Å². The van der Waals surface area contributed by atoms with E-state index >= 15 is 0 Å². The molecule has 0 fully saturated rings. The third-order valence-corrected chi connectivity index (χ3v) is 4.30. The summed E-state index contributed by atoms with van der Waals surface area (Å²) in [5, 5.41) is 0. The lowest BCUT2D eigenvalue weighted by Gasteiger charge is -2.49. The maximum absolute atomic E-state index is 11.9. The van der Waals surface area contributed by atoms with E-state index in [0.717, 1.165) is 11.1 Å². The molecule has 1 unspecified atom stereocenters. The van der Waals surface area contributed by atoms with Crippen LogP contribution in [-0.4, -0.2) is 33.0 Å². The van der Waals surface area contributed by atoms with Crippen molar-refractivity contribution in [2.45, 2.75) is 11.8 Å². The number of hydrogen-bond donors (Lipinski definition) is 0. The van der Waals surface area contributed by atoms with Gasteiger partial charge in [-0.25, -0.2) is 9.59 Å². The van der Waals surface area contributed by atoms with Crippen LogP contribution in [-0.2, 0) is 19.1 Å². The molecule has 0 saturated heterocycles. The lowest BCUT2D eigenvalue weighted by molar-refractivity contribution is -0.141. The van der Waals surface area contributed by atoms with Crippen molar-refractivity contribution in [2.24, 2.45) is 0 Å². The number of methoxy groups -OCH3 is 2. The van der Waals surface area contributed by atoms with Crippen molar-refractivity contribution in [3.05, 3.63) is 34.4 Å². The predicted molar refractivity (Wildman–Crippen MR) is 69.1 cm³/mol. The summed E-state index contributed by atoms with van der Waals surface area (Å²) in [5.41, 5.74) is 2.75. The second kappa shape index (κ2) is 4.00. The van der Waals surface area contributed by atoms with Gasteiger partial charge in [-0.1, -0.05) is 0 Å². The molecule has 4 rings (SSSR count). The van der Waals surface area contributed by atoms with Gasteiger partial charge in [0.2, 0.25) is 6.79 Å². The molecule has 3 aliphatic rings. The highest BCUT2D eigenvalue weighted by Gasteiger charge is 2.57. The first-order chi connectivity index (χ1) is 10.2. The van der Waals surface area contributed by atoms with Crippen molar-refractivity contribution in [2.75, 3.05) is 21.0 Å². The minimum Gasteiger partial charge on any atom is -0.466 e. The topological polar surface area (TPSA) is 71.1 Å². The van der Waals surface area contributed by atoms with Crippen LogP contribution in [0, 0.1) is 0 Å². The molecule has 0 amide bonds. The number of carbonyl (C=O) groups excluding carboxylic acids is 2. The fraction of sp³-hybridized carbons (Fsp3) is 0.333. The first kappa shape index (κ1) is 12.3. The summed E-state index contributed by atoms with van der Waals surface area (Å²) in [7, 11) is 2.60. The van der Waals surface area contributed by atoms with E-state index in [0.29, 0.717) is 22.6 Å². The summed E-state index contributed by atoms with van der Waals surface area (Å²) < 4.78 is 20.3. The molecule has 6 heteroatoms. The van der Waals surface area contributed by atoms with Crippen molar-refractivity contribution < 1.29 is 28.5 Å². The summed E-state index contributed by atoms with van der Waals surface area (Å²) in [4.78, 5) is 23.8. The van der Waals surface area contributed by atoms with Crippen LogP contribution in [0.5, 0.6) is 11.5 Å². The number of esters is 2. The first-order valence-corrected chi connectivity index (χ1v) is 6.51. The maximum atomic E-state index is 11.9. The average Bonchev–Trinajstić information content (AvgIpc) is 2.92. The Balaban J connectivity index is 1.80. The summed E-state index contributed by atoms with van der Waals surface area (Å²) >= 11 is 0. The summed E-state index contributed by atoms with van der Waals surface area (Å²) in [6.07, 6.45) is 0. The second-order valence-corrected chi connectivity index (χ2v) is 5.10. The highest BCUT2D eigenvalue weighted by molar-refractivity contribution is 6.08. The number of ether oxygens (including phenoxy) is 4. The minimum atomic E-state index is -0.486. The Morgan fingerprint density at radius 1 is 0.952 bits per heavy atom. The van der Waals surface area contributed by atoms with E-state index in [2.05, 4.69) is 0 Å². The summed E-state index contributed by atoms with van der Waals surface area (Å²) in [5.74, 6) is 0.137. The Labute approximate surface area is 120 Å². The Kier molecular flexibility index (Phi) is 2.34. The van der Waals surface area contributed by atoms with E-state index in [1.54, 1.807) is 0 Å². The van der Waals surface area contributed by atoms with E-state index in [-0.39, 0.29) is 18.6 Å². The van der Waals surface area contributed by atoms with Crippen LogP contribution in [0.25, 0.3) is 0 Å². The predicted octanol–water partition coefficient (Wildman–Crippen LogP) is 1.25. The highest BCUT2D eigenvalue weighted by Crippen LogP contribution is 2.65. The quantitative estimate of drug-likeness (QED) is 0.763. The summed E-state index contributed by atoms with van der Waals surface area (Å²) in [6, 6.07) is 3.74. The molecule has 1 aliphatic heterocycles. The van der Waals surface area contributed by atoms with Crippen molar-refractivity contribution in [3.8, 4) is 11.5 Å². The van der Waals surface area contributed by atoms with Gasteiger partial charge in [-0.3, -0.25) is 0 Å². The monoisotopic (exact) mass is 288 g/mol. The molecule has 0 spiro atoms. The van der Waals surface area contributed by atoms with E-state index in [9.17, 15) is 9.59 Å². The molecular formula is C15H12O6. The minimum absolute atomic E-state index is 0.115. The number of hydrogen-bond acceptors (Lipinski definition) is 6. The van der Waals surface area contributed by atoms with Crippen LogP contribution in [0.15, 0.2) is 23.3 Å². The van der Waals surface area contributed by atoms with Gasteiger partial charge in [0, 0.05) is 11.8 Å². The van der Waals surface area contributed by atoms with E-state index in [1.165, 1.54) is 14.2 Å². The lowest BCUT2D eigenvalue weighted by atomic mass is 9.52. The molecular weight excluding hydrogens is 276 g/mol. The SMILES string of the molecule is COC(=O)C1=C(C(=O)OC)[C@@H]2c3cc4c(cc3C12)OCO4. The second-order valence-electron chi connectivity index (χ2n) is 5.10. The third kappa shape index (κ3) is 1.36. The van der Waals surface area contributed by atoms with Gasteiger partial charge in [0.25, 0.3) is 0 Å². The van der Waals surface area contributed by atoms with Gasteiger partial charge < -0.3 is 18.9 Å². The molecule has 1 aromatic carbocycles. The van der Waals surface area contributed by atoms with Gasteiger partial charge in [0.05, 0.1) is 25.4 Å². The normalized spacial score (nSPS) is 23.5. The molecule has 1 aromatic rings. The molecule has 21 heavy (non-hydrogen) atoms. The highest BCUT2D eigenvalue weighted by atomic mass is 16.7. The Hall–Kier alpha value is -2.50. The van der Waals surface area contributed by atoms with Crippen LogP contribution >= 0.6 is 0 Å². The Morgan fingerprint density at radius 2 is 1.38 bits per heavy atom. The van der Waals surface area contributed by atoms with Gasteiger partial charge in [-0.2, -0.15) is 0 Å². The molecule has 0 N–H and O–H groups in total. The van der Waals surface area contributed by atoms with Crippen LogP contribution in [0.4, 0.5) is 0 Å². The van der Waals surface area contributed by atoms with Crippen molar-refractivity contribution in [3.63, 3.8) is 0 Å². The molecule has 108 valence electrons. The average molecular weight is 288 g/mol. The zero-order valence-electron chi connectivity index (χ0n) is 11.5. The molecule has 0 bridgehead atoms. The fourth-order valence-corrected chi connectivity index (χ4v) is 3.35. The van der Waals surface area contributed by atoms with Crippen molar-refractivity contribution in [1.29, 1.82) is 0 Å². The molecule has 2 aliphatic carbocycles. The van der Waals surface area contributed by atoms with Gasteiger partial charge in [-0.05, 0) is 23.3 Å². The smallest absolute Gasteiger partial charge is 0.334 e. The number of carbonyl (C=O) groups is 2. The van der Waals surface area contributed by atoms with Crippen LogP contribution in [0.2, 0.25) is 0 Å². The largest absolute Gasteiger partial charge is 0.466 e. The Bertz CT molecular complexity index is 658. The molecule has 0 saturated carbocycles. The number of fused-ring (bicyclic) bond motifs is 5. The molecule has 2 atom stereocenters. The third-order valence-electron chi connectivity index (χ3n) is 4.30. The first-order valence-electron chi connectivity index (χ1n) is 6.51. The van der Waals surface area contributed by atoms with Gasteiger partial charge in [0.15, 0.2) is 11.5 Å². The van der Waals surface area contributed by atoms with E-state index in [4.69, 9.17) is 18.9 Å². The fourth-order valence-electron chi connectivity index (χ4n) is 3.35. The van der Waals surface area contributed by atoms with Gasteiger partial charge >= 0.3 is 11.9 Å². The van der Waals surface area contributed by atoms with Crippen LogP contribution in [0.1, 0.15) is 23.0 Å². The van der Waals surface area contributed by atoms with Crippen molar-refractivity contribution in [1.82, 2.24) is 0 Å².